The van der Waals surface area contributed by atoms with E-state index in [1.807, 2.05) is 19.1 Å². The van der Waals surface area contributed by atoms with Gasteiger partial charge in [-0.05, 0) is 18.6 Å². The quantitative estimate of drug-likeness (QED) is 0.856. The van der Waals surface area contributed by atoms with Crippen molar-refractivity contribution in [2.24, 2.45) is 0 Å². The molecule has 0 aliphatic heterocycles. The fourth-order valence-electron chi connectivity index (χ4n) is 1.56. The number of fused-ring (bicyclic) bond motifs is 1. The summed E-state index contributed by atoms with van der Waals surface area (Å²) in [6, 6.07) is 5.24. The monoisotopic (exact) mass is 233 g/mol. The van der Waals surface area contributed by atoms with E-state index in [9.17, 15) is 4.79 Å². The highest BCUT2D eigenvalue weighted by Gasteiger charge is 2.09. The van der Waals surface area contributed by atoms with Crippen LogP contribution in [0.3, 0.4) is 0 Å². The summed E-state index contributed by atoms with van der Waals surface area (Å²) in [5, 5.41) is 5.49. The molecule has 0 bridgehead atoms. The second-order valence-corrected chi connectivity index (χ2v) is 3.77. The first-order valence-corrected chi connectivity index (χ1v) is 5.61. The summed E-state index contributed by atoms with van der Waals surface area (Å²) in [6.45, 7) is 4.43. The molecule has 1 aromatic heterocycles. The van der Waals surface area contributed by atoms with Crippen molar-refractivity contribution in [2.75, 3.05) is 11.9 Å². The molecule has 5 nitrogen and oxygen atoms in total. The Hall–Kier alpha value is -2.04. The number of nitrogens with zero attached hydrogens (tertiary/aromatic N) is 1. The van der Waals surface area contributed by atoms with Gasteiger partial charge >= 0.3 is 6.03 Å². The van der Waals surface area contributed by atoms with Gasteiger partial charge in [-0.2, -0.15) is 0 Å². The number of hydrogen-bond donors (Lipinski definition) is 2. The number of benzene rings is 1. The molecule has 2 N–H and O–H groups in total. The number of hydrogen-bond acceptors (Lipinski definition) is 3. The van der Waals surface area contributed by atoms with Crippen molar-refractivity contribution in [3.63, 3.8) is 0 Å². The van der Waals surface area contributed by atoms with Crippen molar-refractivity contribution in [3.05, 3.63) is 24.1 Å². The Labute approximate surface area is 99.2 Å². The lowest BCUT2D eigenvalue weighted by molar-refractivity contribution is 0.252. The van der Waals surface area contributed by atoms with Gasteiger partial charge < -0.3 is 15.1 Å². The molecule has 1 aromatic carbocycles. The first kappa shape index (κ1) is 11.4. The highest BCUT2D eigenvalue weighted by molar-refractivity contribution is 5.97. The predicted octanol–water partition coefficient (Wildman–Crippen LogP) is 2.67. The Kier molecular flexibility index (Phi) is 3.27. The van der Waals surface area contributed by atoms with E-state index in [1.54, 1.807) is 13.0 Å². The lowest BCUT2D eigenvalue weighted by atomic mass is 10.3. The van der Waals surface area contributed by atoms with Crippen molar-refractivity contribution in [1.82, 2.24) is 10.3 Å². The van der Waals surface area contributed by atoms with E-state index in [0.717, 1.165) is 11.9 Å². The van der Waals surface area contributed by atoms with Crippen LogP contribution in [-0.4, -0.2) is 17.6 Å². The normalized spacial score (nSPS) is 10.5. The number of nitrogens with one attached hydrogen (secondary N) is 2. The molecular weight excluding hydrogens is 218 g/mol. The molecule has 0 aliphatic carbocycles. The van der Waals surface area contributed by atoms with Crippen LogP contribution in [0.25, 0.3) is 11.1 Å². The summed E-state index contributed by atoms with van der Waals surface area (Å²) in [5.74, 6) is 0.586. The number of carbonyl (C=O) groups is 1. The Morgan fingerprint density at radius 2 is 2.29 bits per heavy atom. The summed E-state index contributed by atoms with van der Waals surface area (Å²) < 4.78 is 5.45. The smallest absolute Gasteiger partial charge is 0.319 e. The van der Waals surface area contributed by atoms with Gasteiger partial charge in [-0.3, -0.25) is 0 Å². The van der Waals surface area contributed by atoms with E-state index < -0.39 is 0 Å². The molecule has 0 spiro atoms. The molecule has 2 aromatic rings. The summed E-state index contributed by atoms with van der Waals surface area (Å²) in [4.78, 5) is 15.7. The van der Waals surface area contributed by atoms with E-state index in [1.165, 1.54) is 0 Å². The van der Waals surface area contributed by atoms with Gasteiger partial charge in [0.2, 0.25) is 0 Å². The Balaban J connectivity index is 2.20. The maximum atomic E-state index is 11.5. The first-order chi connectivity index (χ1) is 8.20. The third-order valence-electron chi connectivity index (χ3n) is 2.31. The van der Waals surface area contributed by atoms with Crippen molar-refractivity contribution >= 4 is 22.8 Å². The van der Waals surface area contributed by atoms with Crippen LogP contribution in [0, 0.1) is 6.92 Å². The summed E-state index contributed by atoms with van der Waals surface area (Å²) in [6.07, 6.45) is 0.902. The number of carbonyl (C=O) groups excluding carboxylic acids is 1. The average Bonchev–Trinajstić information content (AvgIpc) is 2.68. The molecule has 1 heterocycles. The molecule has 5 heteroatoms. The summed E-state index contributed by atoms with van der Waals surface area (Å²) in [5.41, 5.74) is 1.99. The standard InChI is InChI=1S/C12H15N3O2/c1-3-7-13-12(16)15-10-6-4-5-9-11(10)17-8(2)14-9/h4-6H,3,7H2,1-2H3,(H2,13,15,16). The maximum Gasteiger partial charge on any atom is 0.319 e. The Morgan fingerprint density at radius 3 is 3.06 bits per heavy atom. The molecule has 0 saturated heterocycles. The van der Waals surface area contributed by atoms with Gasteiger partial charge in [0.05, 0.1) is 5.69 Å². The third kappa shape index (κ3) is 2.55. The van der Waals surface area contributed by atoms with E-state index in [4.69, 9.17) is 4.42 Å². The molecule has 0 atom stereocenters. The third-order valence-corrected chi connectivity index (χ3v) is 2.31. The van der Waals surface area contributed by atoms with Gasteiger partial charge in [0, 0.05) is 13.5 Å². The number of aromatic nitrogens is 1. The zero-order valence-corrected chi connectivity index (χ0v) is 9.91. The van der Waals surface area contributed by atoms with E-state index in [-0.39, 0.29) is 6.03 Å². The van der Waals surface area contributed by atoms with E-state index in [0.29, 0.717) is 23.7 Å². The van der Waals surface area contributed by atoms with Crippen LogP contribution in [0.5, 0.6) is 0 Å². The molecule has 0 aliphatic rings. The van der Waals surface area contributed by atoms with Crippen molar-refractivity contribution in [3.8, 4) is 0 Å². The number of urea groups is 1. The minimum atomic E-state index is -0.228. The van der Waals surface area contributed by atoms with Gasteiger partial charge in [-0.25, -0.2) is 9.78 Å². The number of para-hydroxylation sites is 1. The highest BCUT2D eigenvalue weighted by atomic mass is 16.3. The van der Waals surface area contributed by atoms with Crippen LogP contribution in [0.15, 0.2) is 22.6 Å². The van der Waals surface area contributed by atoms with E-state index >= 15 is 0 Å². The minimum absolute atomic E-state index is 0.228. The van der Waals surface area contributed by atoms with Gasteiger partial charge in [-0.15, -0.1) is 0 Å². The Bertz CT molecular complexity index is 534. The van der Waals surface area contributed by atoms with Crippen LogP contribution < -0.4 is 10.6 Å². The number of amides is 2. The lowest BCUT2D eigenvalue weighted by Crippen LogP contribution is -2.29. The van der Waals surface area contributed by atoms with Crippen LogP contribution in [-0.2, 0) is 0 Å². The highest BCUT2D eigenvalue weighted by Crippen LogP contribution is 2.23. The molecular formula is C12H15N3O2. The van der Waals surface area contributed by atoms with Crippen molar-refractivity contribution in [1.29, 1.82) is 0 Å². The maximum absolute atomic E-state index is 11.5. The fourth-order valence-corrected chi connectivity index (χ4v) is 1.56. The molecule has 0 saturated carbocycles. The largest absolute Gasteiger partial charge is 0.439 e. The summed E-state index contributed by atoms with van der Waals surface area (Å²) >= 11 is 0. The van der Waals surface area contributed by atoms with Gasteiger partial charge in [0.15, 0.2) is 11.5 Å². The SMILES string of the molecule is CCCNC(=O)Nc1cccc2nc(C)oc12. The van der Waals surface area contributed by atoms with Gasteiger partial charge in [-0.1, -0.05) is 13.0 Å². The second kappa shape index (κ2) is 4.86. The molecule has 90 valence electrons. The molecule has 0 unspecified atom stereocenters. The van der Waals surface area contributed by atoms with Gasteiger partial charge in [0.25, 0.3) is 0 Å². The number of aryl methyl sites for hydroxylation is 1. The number of rotatable bonds is 3. The van der Waals surface area contributed by atoms with Gasteiger partial charge in [0.1, 0.15) is 5.52 Å². The molecule has 17 heavy (non-hydrogen) atoms. The minimum Gasteiger partial charge on any atom is -0.439 e. The lowest BCUT2D eigenvalue weighted by Gasteiger charge is -2.06. The van der Waals surface area contributed by atoms with Crippen molar-refractivity contribution in [2.45, 2.75) is 20.3 Å². The van der Waals surface area contributed by atoms with Crippen LogP contribution in [0.2, 0.25) is 0 Å². The number of anilines is 1. The molecule has 2 rings (SSSR count). The first-order valence-electron chi connectivity index (χ1n) is 5.61. The molecule has 2 amide bonds. The topological polar surface area (TPSA) is 67.2 Å². The van der Waals surface area contributed by atoms with Crippen LogP contribution in [0.1, 0.15) is 19.2 Å². The molecule has 0 fully saturated rings. The van der Waals surface area contributed by atoms with Crippen LogP contribution in [0.4, 0.5) is 10.5 Å². The zero-order chi connectivity index (χ0) is 12.3. The number of oxazole rings is 1. The van der Waals surface area contributed by atoms with Crippen molar-refractivity contribution < 1.29 is 9.21 Å². The van der Waals surface area contributed by atoms with E-state index in [2.05, 4.69) is 15.6 Å². The predicted molar refractivity (Wildman–Crippen MR) is 66.1 cm³/mol. The zero-order valence-electron chi connectivity index (χ0n) is 9.91. The fraction of sp³-hybridized carbons (Fsp3) is 0.333. The average molecular weight is 233 g/mol. The Morgan fingerprint density at radius 1 is 1.47 bits per heavy atom. The van der Waals surface area contributed by atoms with Crippen LogP contribution >= 0.6 is 0 Å². The second-order valence-electron chi connectivity index (χ2n) is 3.77. The molecule has 0 radical (unpaired) electrons. The summed E-state index contributed by atoms with van der Waals surface area (Å²) in [7, 11) is 0.